The fourth-order valence-corrected chi connectivity index (χ4v) is 2.42. The molecule has 2 aromatic carbocycles. The van der Waals surface area contributed by atoms with Gasteiger partial charge in [0.15, 0.2) is 0 Å². The van der Waals surface area contributed by atoms with Gasteiger partial charge in [-0.1, -0.05) is 29.8 Å². The van der Waals surface area contributed by atoms with Crippen LogP contribution in [0.3, 0.4) is 0 Å². The number of hydrogen-bond acceptors (Lipinski definition) is 5. The van der Waals surface area contributed by atoms with E-state index in [0.29, 0.717) is 11.6 Å². The lowest BCUT2D eigenvalue weighted by Crippen LogP contribution is -2.36. The second kappa shape index (κ2) is 9.00. The van der Waals surface area contributed by atoms with Crippen molar-refractivity contribution in [2.75, 3.05) is 26.0 Å². The summed E-state index contributed by atoms with van der Waals surface area (Å²) in [4.78, 5) is 35.8. The molecule has 0 aliphatic heterocycles. The molecule has 0 saturated carbocycles. The Morgan fingerprint density at radius 2 is 1.89 bits per heavy atom. The Morgan fingerprint density at radius 3 is 2.52 bits per heavy atom. The van der Waals surface area contributed by atoms with E-state index in [0.717, 1.165) is 5.56 Å². The predicted octanol–water partition coefficient (Wildman–Crippen LogP) is 2.68. The quantitative estimate of drug-likeness (QED) is 0.558. The first kappa shape index (κ1) is 20.2. The van der Waals surface area contributed by atoms with Crippen LogP contribution in [-0.4, -0.2) is 42.3 Å². The van der Waals surface area contributed by atoms with Crippen molar-refractivity contribution in [3.05, 3.63) is 68.7 Å². The number of halogens is 1. The molecule has 0 heterocycles. The average molecular weight is 391 g/mol. The molecule has 0 bridgehead atoms. The number of rotatable bonds is 7. The summed E-state index contributed by atoms with van der Waals surface area (Å²) < 4.78 is 0. The van der Waals surface area contributed by atoms with E-state index in [1.54, 1.807) is 26.2 Å². The molecule has 9 heteroatoms. The van der Waals surface area contributed by atoms with Crippen molar-refractivity contribution in [1.29, 1.82) is 0 Å². The van der Waals surface area contributed by atoms with Crippen molar-refractivity contribution < 1.29 is 14.5 Å². The van der Waals surface area contributed by atoms with E-state index in [4.69, 9.17) is 11.6 Å². The first-order valence-electron chi connectivity index (χ1n) is 8.03. The van der Waals surface area contributed by atoms with Crippen LogP contribution in [0.2, 0.25) is 5.02 Å². The molecule has 0 aliphatic rings. The van der Waals surface area contributed by atoms with Gasteiger partial charge < -0.3 is 15.5 Å². The molecule has 2 N–H and O–H groups in total. The third-order valence-corrected chi connectivity index (χ3v) is 4.15. The highest BCUT2D eigenvalue weighted by molar-refractivity contribution is 6.31. The van der Waals surface area contributed by atoms with Gasteiger partial charge in [0.05, 0.1) is 11.5 Å². The average Bonchev–Trinajstić information content (AvgIpc) is 2.64. The summed E-state index contributed by atoms with van der Waals surface area (Å²) in [5.41, 5.74) is 0.906. The lowest BCUT2D eigenvalue weighted by molar-refractivity contribution is -0.384. The van der Waals surface area contributed by atoms with Crippen molar-refractivity contribution >= 4 is 34.8 Å². The SMILES string of the molecule is CN(C)C(=O)CNC(=O)c1ccc(NCc2ccccc2Cl)c([N+](=O)[O-])c1. The van der Waals surface area contributed by atoms with Gasteiger partial charge in [0.25, 0.3) is 11.6 Å². The maximum atomic E-state index is 12.1. The largest absolute Gasteiger partial charge is 0.375 e. The Labute approximate surface area is 161 Å². The number of benzene rings is 2. The third kappa shape index (κ3) is 5.42. The van der Waals surface area contributed by atoms with Gasteiger partial charge in [-0.05, 0) is 23.8 Å². The van der Waals surface area contributed by atoms with Crippen molar-refractivity contribution in [3.8, 4) is 0 Å². The summed E-state index contributed by atoms with van der Waals surface area (Å²) in [7, 11) is 3.14. The van der Waals surface area contributed by atoms with Gasteiger partial charge in [-0.15, -0.1) is 0 Å². The lowest BCUT2D eigenvalue weighted by Gasteiger charge is -2.12. The molecule has 0 aliphatic carbocycles. The van der Waals surface area contributed by atoms with Crippen LogP contribution >= 0.6 is 11.6 Å². The number of carbonyl (C=O) groups is 2. The first-order valence-corrected chi connectivity index (χ1v) is 8.41. The molecule has 0 aromatic heterocycles. The number of nitro benzene ring substituents is 1. The van der Waals surface area contributed by atoms with Gasteiger partial charge in [0.1, 0.15) is 5.69 Å². The maximum absolute atomic E-state index is 12.1. The molecule has 2 rings (SSSR count). The van der Waals surface area contributed by atoms with Crippen molar-refractivity contribution in [2.45, 2.75) is 6.54 Å². The van der Waals surface area contributed by atoms with Gasteiger partial charge in [-0.25, -0.2) is 0 Å². The lowest BCUT2D eigenvalue weighted by atomic mass is 10.1. The Kier molecular flexibility index (Phi) is 6.73. The number of nitro groups is 1. The number of nitrogens with one attached hydrogen (secondary N) is 2. The van der Waals surface area contributed by atoms with Crippen LogP contribution in [-0.2, 0) is 11.3 Å². The number of carbonyl (C=O) groups excluding carboxylic acids is 2. The molecule has 27 heavy (non-hydrogen) atoms. The number of amides is 2. The summed E-state index contributed by atoms with van der Waals surface area (Å²) >= 11 is 6.08. The topological polar surface area (TPSA) is 105 Å². The summed E-state index contributed by atoms with van der Waals surface area (Å²) in [6, 6.07) is 11.2. The predicted molar refractivity (Wildman–Crippen MR) is 103 cm³/mol. The van der Waals surface area contributed by atoms with Crippen LogP contribution in [0.5, 0.6) is 0 Å². The number of hydrogen-bond donors (Lipinski definition) is 2. The summed E-state index contributed by atoms with van der Waals surface area (Å²) in [5.74, 6) is -0.846. The second-order valence-electron chi connectivity index (χ2n) is 5.90. The highest BCUT2D eigenvalue weighted by Gasteiger charge is 2.18. The Hall–Kier alpha value is -3.13. The Morgan fingerprint density at radius 1 is 1.19 bits per heavy atom. The Balaban J connectivity index is 2.14. The third-order valence-electron chi connectivity index (χ3n) is 3.78. The van der Waals surface area contributed by atoms with E-state index in [1.807, 2.05) is 12.1 Å². The number of likely N-dealkylation sites (N-methyl/N-ethyl adjacent to an activating group) is 1. The van der Waals surface area contributed by atoms with Crippen molar-refractivity contribution in [1.82, 2.24) is 10.2 Å². The maximum Gasteiger partial charge on any atom is 0.293 e. The molecule has 0 radical (unpaired) electrons. The normalized spacial score (nSPS) is 10.2. The van der Waals surface area contributed by atoms with Crippen LogP contribution in [0, 0.1) is 10.1 Å². The van der Waals surface area contributed by atoms with Crippen molar-refractivity contribution in [3.63, 3.8) is 0 Å². The molecule has 0 atom stereocenters. The molecule has 0 fully saturated rings. The highest BCUT2D eigenvalue weighted by Crippen LogP contribution is 2.27. The molecule has 0 unspecified atom stereocenters. The minimum Gasteiger partial charge on any atom is -0.375 e. The van der Waals surface area contributed by atoms with Crippen molar-refractivity contribution in [2.24, 2.45) is 0 Å². The minimum absolute atomic E-state index is 0.0940. The van der Waals surface area contributed by atoms with Gasteiger partial charge in [-0.3, -0.25) is 19.7 Å². The van der Waals surface area contributed by atoms with Gasteiger partial charge in [0, 0.05) is 37.3 Å². The van der Waals surface area contributed by atoms with Crippen LogP contribution in [0.1, 0.15) is 15.9 Å². The fraction of sp³-hybridized carbons (Fsp3) is 0.222. The zero-order chi connectivity index (χ0) is 20.0. The van der Waals surface area contributed by atoms with E-state index in [9.17, 15) is 19.7 Å². The summed E-state index contributed by atoms with van der Waals surface area (Å²) in [6.45, 7) is 0.107. The minimum atomic E-state index is -0.573. The van der Waals surface area contributed by atoms with E-state index in [2.05, 4.69) is 10.6 Å². The molecule has 142 valence electrons. The summed E-state index contributed by atoms with van der Waals surface area (Å²) in [5, 5.41) is 17.3. The molecular formula is C18H19ClN4O4. The molecule has 2 aromatic rings. The molecule has 8 nitrogen and oxygen atoms in total. The van der Waals surface area contributed by atoms with Crippen LogP contribution in [0.15, 0.2) is 42.5 Å². The van der Waals surface area contributed by atoms with Gasteiger partial charge in [-0.2, -0.15) is 0 Å². The van der Waals surface area contributed by atoms with Crippen LogP contribution in [0.4, 0.5) is 11.4 Å². The monoisotopic (exact) mass is 390 g/mol. The zero-order valence-corrected chi connectivity index (χ0v) is 15.6. The van der Waals surface area contributed by atoms with E-state index >= 15 is 0 Å². The second-order valence-corrected chi connectivity index (χ2v) is 6.31. The highest BCUT2D eigenvalue weighted by atomic mass is 35.5. The first-order chi connectivity index (χ1) is 12.8. The Bertz CT molecular complexity index is 870. The summed E-state index contributed by atoms with van der Waals surface area (Å²) in [6.07, 6.45) is 0. The number of nitrogens with zero attached hydrogens (tertiary/aromatic N) is 2. The van der Waals surface area contributed by atoms with Gasteiger partial charge in [0.2, 0.25) is 5.91 Å². The molecule has 2 amide bonds. The zero-order valence-electron chi connectivity index (χ0n) is 14.9. The molecule has 0 saturated heterocycles. The molecular weight excluding hydrogens is 372 g/mol. The van der Waals surface area contributed by atoms with Gasteiger partial charge >= 0.3 is 0 Å². The van der Waals surface area contributed by atoms with Crippen LogP contribution in [0.25, 0.3) is 0 Å². The van der Waals surface area contributed by atoms with Crippen LogP contribution < -0.4 is 10.6 Å². The van der Waals surface area contributed by atoms with E-state index < -0.39 is 10.8 Å². The standard InChI is InChI=1S/C18H19ClN4O4/c1-22(2)17(24)11-21-18(25)12-7-8-15(16(9-12)23(26)27)20-10-13-5-3-4-6-14(13)19/h3-9,20H,10-11H2,1-2H3,(H,21,25). The fourth-order valence-electron chi connectivity index (χ4n) is 2.22. The van der Waals surface area contributed by atoms with E-state index in [-0.39, 0.29) is 29.4 Å². The number of anilines is 1. The smallest absolute Gasteiger partial charge is 0.293 e. The van der Waals surface area contributed by atoms with E-state index in [1.165, 1.54) is 23.1 Å². The molecule has 0 spiro atoms.